The Hall–Kier alpha value is -2.34. The van der Waals surface area contributed by atoms with E-state index < -0.39 is 0 Å². The van der Waals surface area contributed by atoms with Crippen molar-refractivity contribution < 1.29 is 9.47 Å². The molecule has 1 N–H and O–H groups in total. The molecule has 0 aliphatic heterocycles. The fourth-order valence-corrected chi connectivity index (χ4v) is 2.88. The number of benzene rings is 2. The SMILES string of the molecule is COc1cc(-c2nc3ccccc3c(=O)[nH]2)cc(Br)c1OC. The molecule has 0 spiro atoms. The van der Waals surface area contributed by atoms with Crippen molar-refractivity contribution in [3.8, 4) is 22.9 Å². The molecular weight excluding hydrogens is 348 g/mol. The summed E-state index contributed by atoms with van der Waals surface area (Å²) in [5, 5.41) is 0.561. The Labute approximate surface area is 135 Å². The van der Waals surface area contributed by atoms with Crippen molar-refractivity contribution in [2.45, 2.75) is 0 Å². The predicted molar refractivity (Wildman–Crippen MR) is 88.6 cm³/mol. The molecule has 0 aliphatic rings. The Morgan fingerprint density at radius 2 is 1.91 bits per heavy atom. The van der Waals surface area contributed by atoms with Gasteiger partial charge in [0.05, 0.1) is 29.6 Å². The van der Waals surface area contributed by atoms with Crippen LogP contribution >= 0.6 is 15.9 Å². The van der Waals surface area contributed by atoms with E-state index in [1.54, 1.807) is 26.4 Å². The zero-order valence-electron chi connectivity index (χ0n) is 12.0. The van der Waals surface area contributed by atoms with Crippen molar-refractivity contribution in [1.82, 2.24) is 9.97 Å². The average molecular weight is 361 g/mol. The van der Waals surface area contributed by atoms with Crippen LogP contribution in [0, 0.1) is 0 Å². The number of aromatic nitrogens is 2. The minimum atomic E-state index is -0.175. The van der Waals surface area contributed by atoms with Crippen LogP contribution in [0.3, 0.4) is 0 Å². The molecule has 0 aliphatic carbocycles. The van der Waals surface area contributed by atoms with E-state index in [-0.39, 0.29) is 5.56 Å². The summed E-state index contributed by atoms with van der Waals surface area (Å²) in [6.45, 7) is 0. The molecule has 1 heterocycles. The monoisotopic (exact) mass is 360 g/mol. The zero-order chi connectivity index (χ0) is 15.7. The summed E-state index contributed by atoms with van der Waals surface area (Å²) in [4.78, 5) is 19.5. The summed E-state index contributed by atoms with van der Waals surface area (Å²) in [5.41, 5.74) is 1.20. The maximum Gasteiger partial charge on any atom is 0.259 e. The fraction of sp³-hybridized carbons (Fsp3) is 0.125. The number of hydrogen-bond donors (Lipinski definition) is 1. The number of nitrogens with one attached hydrogen (secondary N) is 1. The van der Waals surface area contributed by atoms with Gasteiger partial charge in [0.15, 0.2) is 11.5 Å². The highest BCUT2D eigenvalue weighted by molar-refractivity contribution is 9.10. The summed E-state index contributed by atoms with van der Waals surface area (Å²) in [6.07, 6.45) is 0. The highest BCUT2D eigenvalue weighted by Gasteiger charge is 2.13. The molecule has 6 heteroatoms. The summed E-state index contributed by atoms with van der Waals surface area (Å²) >= 11 is 3.44. The van der Waals surface area contributed by atoms with E-state index in [2.05, 4.69) is 25.9 Å². The molecule has 0 bridgehead atoms. The van der Waals surface area contributed by atoms with Crippen LogP contribution in [-0.4, -0.2) is 24.2 Å². The van der Waals surface area contributed by atoms with E-state index in [1.807, 2.05) is 24.3 Å². The smallest absolute Gasteiger partial charge is 0.259 e. The topological polar surface area (TPSA) is 64.2 Å². The number of rotatable bonds is 3. The fourth-order valence-electron chi connectivity index (χ4n) is 2.28. The number of ether oxygens (including phenoxy) is 2. The first-order chi connectivity index (χ1) is 10.6. The van der Waals surface area contributed by atoms with Crippen molar-refractivity contribution in [3.05, 3.63) is 51.2 Å². The first-order valence-corrected chi connectivity index (χ1v) is 7.34. The van der Waals surface area contributed by atoms with Crippen LogP contribution < -0.4 is 15.0 Å². The number of halogens is 1. The van der Waals surface area contributed by atoms with Gasteiger partial charge in [0.1, 0.15) is 5.82 Å². The Kier molecular flexibility index (Phi) is 3.85. The molecule has 0 radical (unpaired) electrons. The van der Waals surface area contributed by atoms with Gasteiger partial charge in [-0.1, -0.05) is 12.1 Å². The third-order valence-corrected chi connectivity index (χ3v) is 3.91. The molecule has 0 amide bonds. The van der Waals surface area contributed by atoms with Gasteiger partial charge < -0.3 is 14.5 Å². The van der Waals surface area contributed by atoms with Crippen LogP contribution in [0.2, 0.25) is 0 Å². The molecule has 22 heavy (non-hydrogen) atoms. The van der Waals surface area contributed by atoms with Crippen LogP contribution in [0.1, 0.15) is 0 Å². The van der Waals surface area contributed by atoms with Crippen LogP contribution in [0.5, 0.6) is 11.5 Å². The molecule has 2 aromatic carbocycles. The van der Waals surface area contributed by atoms with E-state index in [9.17, 15) is 4.79 Å². The minimum absolute atomic E-state index is 0.175. The second kappa shape index (κ2) is 5.81. The van der Waals surface area contributed by atoms with Crippen molar-refractivity contribution in [3.63, 3.8) is 0 Å². The number of hydrogen-bond acceptors (Lipinski definition) is 4. The van der Waals surface area contributed by atoms with Crippen LogP contribution in [-0.2, 0) is 0 Å². The number of methoxy groups -OCH3 is 2. The lowest BCUT2D eigenvalue weighted by Gasteiger charge is -2.12. The Morgan fingerprint density at radius 3 is 2.64 bits per heavy atom. The van der Waals surface area contributed by atoms with E-state index in [0.717, 1.165) is 10.0 Å². The quantitative estimate of drug-likeness (QED) is 0.777. The molecule has 1 aromatic heterocycles. The largest absolute Gasteiger partial charge is 0.493 e. The third-order valence-electron chi connectivity index (χ3n) is 3.32. The molecule has 3 rings (SSSR count). The predicted octanol–water partition coefficient (Wildman–Crippen LogP) is 3.37. The summed E-state index contributed by atoms with van der Waals surface area (Å²) in [6, 6.07) is 10.8. The minimum Gasteiger partial charge on any atom is -0.493 e. The molecule has 0 fully saturated rings. The zero-order valence-corrected chi connectivity index (χ0v) is 13.6. The van der Waals surface area contributed by atoms with Gasteiger partial charge in [0.25, 0.3) is 5.56 Å². The second-order valence-corrected chi connectivity index (χ2v) is 5.48. The van der Waals surface area contributed by atoms with Crippen molar-refractivity contribution >= 4 is 26.8 Å². The molecule has 0 unspecified atom stereocenters. The Bertz CT molecular complexity index is 906. The first kappa shape index (κ1) is 14.6. The molecule has 0 saturated heterocycles. The van der Waals surface area contributed by atoms with E-state index >= 15 is 0 Å². The normalized spacial score (nSPS) is 10.7. The molecule has 3 aromatic rings. The standard InChI is InChI=1S/C16H13BrN2O3/c1-21-13-8-9(7-11(17)14(13)22-2)15-18-12-6-4-3-5-10(12)16(20)19-15/h3-8H,1-2H3,(H,18,19,20). The van der Waals surface area contributed by atoms with Gasteiger partial charge in [-0.25, -0.2) is 4.98 Å². The van der Waals surface area contributed by atoms with Gasteiger partial charge in [-0.3, -0.25) is 4.79 Å². The summed E-state index contributed by atoms with van der Waals surface area (Å²) < 4.78 is 11.3. The van der Waals surface area contributed by atoms with E-state index in [4.69, 9.17) is 9.47 Å². The van der Waals surface area contributed by atoms with Crippen LogP contribution in [0.15, 0.2) is 45.7 Å². The van der Waals surface area contributed by atoms with Crippen molar-refractivity contribution in [1.29, 1.82) is 0 Å². The van der Waals surface area contributed by atoms with Gasteiger partial charge in [-0.15, -0.1) is 0 Å². The van der Waals surface area contributed by atoms with Crippen LogP contribution in [0.25, 0.3) is 22.3 Å². The highest BCUT2D eigenvalue weighted by atomic mass is 79.9. The molecule has 5 nitrogen and oxygen atoms in total. The first-order valence-electron chi connectivity index (χ1n) is 6.55. The number of para-hydroxylation sites is 1. The number of H-pyrrole nitrogens is 1. The lowest BCUT2D eigenvalue weighted by atomic mass is 10.1. The van der Waals surface area contributed by atoms with E-state index in [1.165, 1.54) is 0 Å². The van der Waals surface area contributed by atoms with Gasteiger partial charge >= 0.3 is 0 Å². The Balaban J connectivity index is 2.23. The average Bonchev–Trinajstić information content (AvgIpc) is 2.54. The third kappa shape index (κ3) is 2.46. The van der Waals surface area contributed by atoms with Gasteiger partial charge in [0, 0.05) is 5.56 Å². The van der Waals surface area contributed by atoms with Crippen molar-refractivity contribution in [2.24, 2.45) is 0 Å². The molecular formula is C16H13BrN2O3. The van der Waals surface area contributed by atoms with Crippen LogP contribution in [0.4, 0.5) is 0 Å². The van der Waals surface area contributed by atoms with Crippen molar-refractivity contribution in [2.75, 3.05) is 14.2 Å². The Morgan fingerprint density at radius 1 is 1.14 bits per heavy atom. The van der Waals surface area contributed by atoms with Gasteiger partial charge in [-0.2, -0.15) is 0 Å². The second-order valence-electron chi connectivity index (χ2n) is 4.63. The maximum atomic E-state index is 12.2. The number of nitrogens with zero attached hydrogens (tertiary/aromatic N) is 1. The lowest BCUT2D eigenvalue weighted by molar-refractivity contribution is 0.353. The number of fused-ring (bicyclic) bond motifs is 1. The summed E-state index contributed by atoms with van der Waals surface area (Å²) in [7, 11) is 3.13. The summed E-state index contributed by atoms with van der Waals surface area (Å²) in [5.74, 6) is 1.63. The van der Waals surface area contributed by atoms with Gasteiger partial charge in [-0.05, 0) is 40.2 Å². The molecule has 0 saturated carbocycles. The highest BCUT2D eigenvalue weighted by Crippen LogP contribution is 2.38. The maximum absolute atomic E-state index is 12.2. The molecule has 112 valence electrons. The number of aromatic amines is 1. The van der Waals surface area contributed by atoms with Gasteiger partial charge in [0.2, 0.25) is 0 Å². The molecule has 0 atom stereocenters. The van der Waals surface area contributed by atoms with E-state index in [0.29, 0.717) is 28.2 Å². The lowest BCUT2D eigenvalue weighted by Crippen LogP contribution is -2.09.